The van der Waals surface area contributed by atoms with Crippen LogP contribution in [0.2, 0.25) is 0 Å². The first kappa shape index (κ1) is 15.9. The lowest BCUT2D eigenvalue weighted by Gasteiger charge is -2.34. The van der Waals surface area contributed by atoms with E-state index in [0.717, 1.165) is 23.3 Å². The second kappa shape index (κ2) is 7.53. The van der Waals surface area contributed by atoms with Gasteiger partial charge in [-0.2, -0.15) is 0 Å². The maximum absolute atomic E-state index is 12.7. The Morgan fingerprint density at radius 1 is 1.09 bits per heavy atom. The minimum atomic E-state index is -0.264. The Labute approximate surface area is 141 Å². The summed E-state index contributed by atoms with van der Waals surface area (Å²) in [4.78, 5) is 14.4. The first-order chi connectivity index (χ1) is 11.2. The number of rotatable bonds is 3. The second-order valence-electron chi connectivity index (χ2n) is 5.58. The Morgan fingerprint density at radius 2 is 1.74 bits per heavy atom. The quantitative estimate of drug-likeness (QED) is 0.909. The van der Waals surface area contributed by atoms with Gasteiger partial charge in [-0.1, -0.05) is 60.7 Å². The molecule has 1 saturated heterocycles. The summed E-state index contributed by atoms with van der Waals surface area (Å²) in [5.74, 6) is 0.909. The van der Waals surface area contributed by atoms with Gasteiger partial charge in [0.05, 0.1) is 6.17 Å². The smallest absolute Gasteiger partial charge is 0.320 e. The summed E-state index contributed by atoms with van der Waals surface area (Å²) >= 11 is 1.73. The van der Waals surface area contributed by atoms with Crippen LogP contribution in [0.3, 0.4) is 0 Å². The summed E-state index contributed by atoms with van der Waals surface area (Å²) in [7, 11) is 0. The zero-order valence-corrected chi connectivity index (χ0v) is 13.7. The average molecular weight is 327 g/mol. The molecule has 120 valence electrons. The molecule has 5 heteroatoms. The van der Waals surface area contributed by atoms with Crippen LogP contribution in [-0.2, 0) is 6.54 Å². The molecule has 0 spiro atoms. The van der Waals surface area contributed by atoms with Gasteiger partial charge in [-0.05, 0) is 23.3 Å². The van der Waals surface area contributed by atoms with Crippen molar-refractivity contribution >= 4 is 17.8 Å². The van der Waals surface area contributed by atoms with Gasteiger partial charge in [0.1, 0.15) is 5.37 Å². The molecule has 2 unspecified atom stereocenters. The van der Waals surface area contributed by atoms with Gasteiger partial charge in [-0.3, -0.25) is 0 Å². The largest absolute Gasteiger partial charge is 0.322 e. The predicted molar refractivity (Wildman–Crippen MR) is 94.8 cm³/mol. The van der Waals surface area contributed by atoms with Crippen LogP contribution in [0.1, 0.15) is 22.9 Å². The lowest BCUT2D eigenvalue weighted by atomic mass is 10.2. The highest BCUT2D eigenvalue weighted by Crippen LogP contribution is 2.29. The number of nitrogens with zero attached hydrogens (tertiary/aromatic N) is 1. The Bertz CT molecular complexity index is 635. The Balaban J connectivity index is 1.76. The van der Waals surface area contributed by atoms with Gasteiger partial charge in [0.2, 0.25) is 0 Å². The van der Waals surface area contributed by atoms with Crippen molar-refractivity contribution in [2.75, 3.05) is 5.75 Å². The number of carbonyl (C=O) groups excluding carboxylic acids is 1. The van der Waals surface area contributed by atoms with Gasteiger partial charge in [-0.25, -0.2) is 4.79 Å². The summed E-state index contributed by atoms with van der Waals surface area (Å²) in [5.41, 5.74) is 8.42. The first-order valence-electron chi connectivity index (χ1n) is 7.77. The Hall–Kier alpha value is -1.98. The van der Waals surface area contributed by atoms with E-state index in [1.54, 1.807) is 16.7 Å². The average Bonchev–Trinajstić information content (AvgIpc) is 2.59. The van der Waals surface area contributed by atoms with Crippen LogP contribution in [0.4, 0.5) is 4.79 Å². The van der Waals surface area contributed by atoms with E-state index in [-0.39, 0.29) is 17.6 Å². The number of carbonyl (C=O) groups is 1. The molecule has 4 nitrogen and oxygen atoms in total. The molecule has 2 aromatic rings. The highest BCUT2D eigenvalue weighted by Gasteiger charge is 2.27. The normalized spacial score (nSPS) is 22.1. The second-order valence-corrected chi connectivity index (χ2v) is 6.79. The van der Waals surface area contributed by atoms with Crippen molar-refractivity contribution in [2.24, 2.45) is 5.73 Å². The van der Waals surface area contributed by atoms with Crippen molar-refractivity contribution in [3.05, 3.63) is 71.8 Å². The fraction of sp³-hybridized carbons (Fsp3) is 0.278. The molecule has 3 N–H and O–H groups in total. The molecule has 23 heavy (non-hydrogen) atoms. The van der Waals surface area contributed by atoms with E-state index in [2.05, 4.69) is 5.32 Å². The highest BCUT2D eigenvalue weighted by atomic mass is 32.2. The number of nitrogens with two attached hydrogens (primary N) is 1. The summed E-state index contributed by atoms with van der Waals surface area (Å²) in [6, 6.07) is 19.9. The fourth-order valence-electron chi connectivity index (χ4n) is 2.63. The van der Waals surface area contributed by atoms with E-state index < -0.39 is 0 Å². The molecule has 2 amide bonds. The standard InChI is InChI=1S/C18H21N3OS/c19-16-11-12-23-17(15-9-5-2-6-10-15)20-18(22)21(16)13-14-7-3-1-4-8-14/h1-10,16-17H,11-13,19H2,(H,20,22). The molecule has 0 bridgehead atoms. The summed E-state index contributed by atoms with van der Waals surface area (Å²) in [6.07, 6.45) is 0.522. The van der Waals surface area contributed by atoms with E-state index in [1.807, 2.05) is 60.7 Å². The molecule has 0 aromatic heterocycles. The minimum absolute atomic E-state index is 0.0329. The first-order valence-corrected chi connectivity index (χ1v) is 8.82. The van der Waals surface area contributed by atoms with Crippen molar-refractivity contribution in [2.45, 2.75) is 24.5 Å². The van der Waals surface area contributed by atoms with Crippen molar-refractivity contribution in [1.82, 2.24) is 10.2 Å². The molecule has 1 heterocycles. The summed E-state index contributed by atoms with van der Waals surface area (Å²) < 4.78 is 0. The van der Waals surface area contributed by atoms with Crippen LogP contribution in [0, 0.1) is 0 Å². The monoisotopic (exact) mass is 327 g/mol. The lowest BCUT2D eigenvalue weighted by molar-refractivity contribution is 0.168. The number of nitrogens with one attached hydrogen (secondary N) is 1. The van der Waals surface area contributed by atoms with Gasteiger partial charge in [0, 0.05) is 6.54 Å². The zero-order valence-electron chi connectivity index (χ0n) is 12.9. The number of benzene rings is 2. The topological polar surface area (TPSA) is 58.4 Å². The van der Waals surface area contributed by atoms with Crippen molar-refractivity contribution in [1.29, 1.82) is 0 Å². The molecule has 3 rings (SSSR count). The van der Waals surface area contributed by atoms with Crippen LogP contribution < -0.4 is 11.1 Å². The third-order valence-corrected chi connectivity index (χ3v) is 5.11. The van der Waals surface area contributed by atoms with E-state index in [9.17, 15) is 4.79 Å². The number of hydrogen-bond donors (Lipinski definition) is 2. The van der Waals surface area contributed by atoms with Gasteiger partial charge < -0.3 is 16.0 Å². The molecule has 0 aliphatic carbocycles. The van der Waals surface area contributed by atoms with Gasteiger partial charge in [-0.15, -0.1) is 11.8 Å². The number of amides is 2. The number of urea groups is 1. The third kappa shape index (κ3) is 4.06. The SMILES string of the molecule is NC1CCSC(c2ccccc2)NC(=O)N1Cc1ccccc1. The van der Waals surface area contributed by atoms with Crippen LogP contribution in [0.15, 0.2) is 60.7 Å². The third-order valence-electron chi connectivity index (χ3n) is 3.91. The summed E-state index contributed by atoms with van der Waals surface area (Å²) in [5, 5.41) is 3.07. The van der Waals surface area contributed by atoms with E-state index in [1.165, 1.54) is 0 Å². The van der Waals surface area contributed by atoms with Crippen molar-refractivity contribution in [3.8, 4) is 0 Å². The maximum Gasteiger partial charge on any atom is 0.320 e. The minimum Gasteiger partial charge on any atom is -0.322 e. The maximum atomic E-state index is 12.7. The van der Waals surface area contributed by atoms with E-state index >= 15 is 0 Å². The van der Waals surface area contributed by atoms with Crippen LogP contribution in [0.25, 0.3) is 0 Å². The van der Waals surface area contributed by atoms with Crippen molar-refractivity contribution < 1.29 is 4.79 Å². The highest BCUT2D eigenvalue weighted by molar-refractivity contribution is 7.99. The molecular formula is C18H21N3OS. The molecule has 1 aliphatic heterocycles. The van der Waals surface area contributed by atoms with E-state index in [0.29, 0.717) is 6.54 Å². The molecule has 0 radical (unpaired) electrons. The number of hydrogen-bond acceptors (Lipinski definition) is 3. The summed E-state index contributed by atoms with van der Waals surface area (Å²) in [6.45, 7) is 0.528. The lowest BCUT2D eigenvalue weighted by Crippen LogP contribution is -2.51. The fourth-order valence-corrected chi connectivity index (χ4v) is 3.77. The van der Waals surface area contributed by atoms with Crippen LogP contribution >= 0.6 is 11.8 Å². The Morgan fingerprint density at radius 3 is 2.43 bits per heavy atom. The van der Waals surface area contributed by atoms with Crippen LogP contribution in [-0.4, -0.2) is 22.8 Å². The molecule has 1 aliphatic rings. The van der Waals surface area contributed by atoms with Gasteiger partial charge >= 0.3 is 6.03 Å². The molecular weight excluding hydrogens is 306 g/mol. The molecule has 2 atom stereocenters. The van der Waals surface area contributed by atoms with Crippen LogP contribution in [0.5, 0.6) is 0 Å². The van der Waals surface area contributed by atoms with Gasteiger partial charge in [0.15, 0.2) is 0 Å². The number of thioether (sulfide) groups is 1. The molecule has 2 aromatic carbocycles. The molecule has 1 fully saturated rings. The zero-order chi connectivity index (χ0) is 16.1. The predicted octanol–water partition coefficient (Wildman–Crippen LogP) is 3.32. The Kier molecular flexibility index (Phi) is 5.20. The van der Waals surface area contributed by atoms with Crippen molar-refractivity contribution in [3.63, 3.8) is 0 Å². The van der Waals surface area contributed by atoms with Gasteiger partial charge in [0.25, 0.3) is 0 Å². The van der Waals surface area contributed by atoms with E-state index in [4.69, 9.17) is 5.73 Å². The molecule has 0 saturated carbocycles.